The van der Waals surface area contributed by atoms with Gasteiger partial charge in [-0.2, -0.15) is 8.78 Å². The molecule has 2 rings (SSSR count). The van der Waals surface area contributed by atoms with Gasteiger partial charge in [0.1, 0.15) is 5.75 Å². The molecule has 0 saturated heterocycles. The van der Waals surface area contributed by atoms with Crippen LogP contribution in [0.25, 0.3) is 0 Å². The number of benzene rings is 1. The van der Waals surface area contributed by atoms with Gasteiger partial charge in [-0.1, -0.05) is 12.1 Å². The molecule has 0 saturated carbocycles. The van der Waals surface area contributed by atoms with Gasteiger partial charge in [0.2, 0.25) is 5.88 Å². The minimum absolute atomic E-state index is 0.148. The zero-order chi connectivity index (χ0) is 14.4. The Morgan fingerprint density at radius 2 is 1.90 bits per heavy atom. The minimum Gasteiger partial charge on any atom is -0.481 e. The maximum absolute atomic E-state index is 12.0. The summed E-state index contributed by atoms with van der Waals surface area (Å²) in [5.41, 5.74) is 1.79. The zero-order valence-electron chi connectivity index (χ0n) is 10.8. The number of ether oxygens (including phenoxy) is 2. The highest BCUT2D eigenvalue weighted by molar-refractivity contribution is 5.43. The summed E-state index contributed by atoms with van der Waals surface area (Å²) in [4.78, 5) is 4.07. The highest BCUT2D eigenvalue weighted by Crippen LogP contribution is 2.16. The number of halogens is 2. The van der Waals surface area contributed by atoms with Gasteiger partial charge in [-0.05, 0) is 23.8 Å². The predicted molar refractivity (Wildman–Crippen MR) is 71.2 cm³/mol. The molecule has 0 radical (unpaired) electrons. The highest BCUT2D eigenvalue weighted by atomic mass is 19.3. The third-order valence-corrected chi connectivity index (χ3v) is 2.59. The van der Waals surface area contributed by atoms with E-state index in [4.69, 9.17) is 4.74 Å². The molecule has 20 heavy (non-hydrogen) atoms. The molecule has 2 aromatic rings. The van der Waals surface area contributed by atoms with E-state index < -0.39 is 6.61 Å². The molecule has 1 aromatic carbocycles. The van der Waals surface area contributed by atoms with Crippen LogP contribution in [0.5, 0.6) is 11.6 Å². The van der Waals surface area contributed by atoms with Crippen molar-refractivity contribution in [2.45, 2.75) is 13.2 Å². The van der Waals surface area contributed by atoms with Crippen LogP contribution in [0.2, 0.25) is 0 Å². The average molecular weight is 280 g/mol. The van der Waals surface area contributed by atoms with Gasteiger partial charge in [0.25, 0.3) is 0 Å². The molecule has 0 amide bonds. The largest absolute Gasteiger partial charge is 0.481 e. The van der Waals surface area contributed by atoms with Crippen LogP contribution in [0, 0.1) is 0 Å². The molecule has 1 N–H and O–H groups in total. The Balaban J connectivity index is 1.89. The summed E-state index contributed by atoms with van der Waals surface area (Å²) in [5.74, 6) is 0.693. The van der Waals surface area contributed by atoms with Crippen molar-refractivity contribution in [1.82, 2.24) is 4.98 Å². The Morgan fingerprint density at radius 3 is 2.45 bits per heavy atom. The summed E-state index contributed by atoms with van der Waals surface area (Å²) >= 11 is 0. The topological polar surface area (TPSA) is 43.4 Å². The second kappa shape index (κ2) is 6.70. The van der Waals surface area contributed by atoms with Crippen molar-refractivity contribution < 1.29 is 18.3 Å². The van der Waals surface area contributed by atoms with E-state index in [9.17, 15) is 8.78 Å². The predicted octanol–water partition coefficient (Wildman–Crippen LogP) is 3.30. The number of alkyl halides is 2. The molecule has 0 spiro atoms. The molecular weight excluding hydrogens is 266 g/mol. The summed E-state index contributed by atoms with van der Waals surface area (Å²) in [6, 6.07) is 10.1. The van der Waals surface area contributed by atoms with E-state index >= 15 is 0 Å². The van der Waals surface area contributed by atoms with Gasteiger partial charge in [0, 0.05) is 12.6 Å². The fraction of sp³-hybridized carbons (Fsp3) is 0.214. The number of nitrogens with one attached hydrogen (secondary N) is 1. The van der Waals surface area contributed by atoms with E-state index in [0.29, 0.717) is 12.4 Å². The van der Waals surface area contributed by atoms with Crippen LogP contribution in [-0.4, -0.2) is 18.7 Å². The normalized spacial score (nSPS) is 10.4. The van der Waals surface area contributed by atoms with Crippen molar-refractivity contribution in [2.75, 3.05) is 12.4 Å². The molecule has 6 heteroatoms. The van der Waals surface area contributed by atoms with Crippen molar-refractivity contribution in [3.8, 4) is 11.6 Å². The van der Waals surface area contributed by atoms with Gasteiger partial charge >= 0.3 is 6.61 Å². The summed E-state index contributed by atoms with van der Waals surface area (Å²) in [5, 5.41) is 3.17. The number of anilines is 1. The molecule has 4 nitrogen and oxygen atoms in total. The summed E-state index contributed by atoms with van der Waals surface area (Å²) in [7, 11) is 1.55. The van der Waals surface area contributed by atoms with Crippen LogP contribution in [0.1, 0.15) is 5.56 Å². The summed E-state index contributed by atoms with van der Waals surface area (Å²) in [6.45, 7) is -2.24. The van der Waals surface area contributed by atoms with E-state index in [1.807, 2.05) is 6.07 Å². The number of aromatic nitrogens is 1. The Bertz CT molecular complexity index is 530. The second-order valence-corrected chi connectivity index (χ2v) is 3.97. The number of hydrogen-bond acceptors (Lipinski definition) is 4. The number of pyridine rings is 1. The Hall–Kier alpha value is -2.37. The molecule has 0 fully saturated rings. The fourth-order valence-corrected chi connectivity index (χ4v) is 1.60. The molecule has 0 aliphatic heterocycles. The average Bonchev–Trinajstić information content (AvgIpc) is 2.46. The summed E-state index contributed by atoms with van der Waals surface area (Å²) in [6.07, 6.45) is 1.66. The van der Waals surface area contributed by atoms with Crippen molar-refractivity contribution in [3.05, 3.63) is 48.2 Å². The Kier molecular flexibility index (Phi) is 4.70. The van der Waals surface area contributed by atoms with Crippen LogP contribution in [0.3, 0.4) is 0 Å². The number of hydrogen-bond donors (Lipinski definition) is 1. The molecule has 106 valence electrons. The smallest absolute Gasteiger partial charge is 0.387 e. The SMILES string of the molecule is COc1ccc(NCc2ccc(OC(F)F)cc2)cn1. The quantitative estimate of drug-likeness (QED) is 0.881. The number of nitrogens with zero attached hydrogens (tertiary/aromatic N) is 1. The fourth-order valence-electron chi connectivity index (χ4n) is 1.60. The van der Waals surface area contributed by atoms with Crippen molar-refractivity contribution in [1.29, 1.82) is 0 Å². The van der Waals surface area contributed by atoms with Crippen molar-refractivity contribution in [3.63, 3.8) is 0 Å². The Morgan fingerprint density at radius 1 is 1.15 bits per heavy atom. The lowest BCUT2D eigenvalue weighted by Crippen LogP contribution is -2.03. The molecule has 0 atom stereocenters. The van der Waals surface area contributed by atoms with Gasteiger partial charge in [-0.3, -0.25) is 0 Å². The van der Waals surface area contributed by atoms with E-state index in [-0.39, 0.29) is 5.75 Å². The number of rotatable bonds is 6. The molecule has 0 aliphatic rings. The molecular formula is C14H14F2N2O2. The van der Waals surface area contributed by atoms with Gasteiger partial charge in [-0.25, -0.2) is 4.98 Å². The first-order chi connectivity index (χ1) is 9.67. The van der Waals surface area contributed by atoms with Crippen LogP contribution in [-0.2, 0) is 6.54 Å². The maximum Gasteiger partial charge on any atom is 0.387 e. The summed E-state index contributed by atoms with van der Waals surface area (Å²) < 4.78 is 33.2. The van der Waals surface area contributed by atoms with Gasteiger partial charge in [-0.15, -0.1) is 0 Å². The first-order valence-electron chi connectivity index (χ1n) is 5.95. The Labute approximate surface area is 115 Å². The molecule has 1 aromatic heterocycles. The molecule has 1 heterocycles. The lowest BCUT2D eigenvalue weighted by Gasteiger charge is -2.08. The first kappa shape index (κ1) is 14.0. The van der Waals surface area contributed by atoms with Crippen LogP contribution in [0.15, 0.2) is 42.6 Å². The maximum atomic E-state index is 12.0. The minimum atomic E-state index is -2.80. The monoisotopic (exact) mass is 280 g/mol. The van der Waals surface area contributed by atoms with Gasteiger partial charge < -0.3 is 14.8 Å². The number of methoxy groups -OCH3 is 1. The van der Waals surface area contributed by atoms with E-state index in [0.717, 1.165) is 11.3 Å². The van der Waals surface area contributed by atoms with Crippen LogP contribution in [0.4, 0.5) is 14.5 Å². The van der Waals surface area contributed by atoms with E-state index in [1.165, 1.54) is 12.1 Å². The molecule has 0 unspecified atom stereocenters. The van der Waals surface area contributed by atoms with Crippen molar-refractivity contribution in [2.24, 2.45) is 0 Å². The lowest BCUT2D eigenvalue weighted by molar-refractivity contribution is -0.0498. The van der Waals surface area contributed by atoms with Gasteiger partial charge in [0.15, 0.2) is 0 Å². The van der Waals surface area contributed by atoms with Crippen LogP contribution < -0.4 is 14.8 Å². The lowest BCUT2D eigenvalue weighted by atomic mass is 10.2. The van der Waals surface area contributed by atoms with E-state index in [2.05, 4.69) is 15.0 Å². The first-order valence-corrected chi connectivity index (χ1v) is 5.95. The zero-order valence-corrected chi connectivity index (χ0v) is 10.8. The second-order valence-electron chi connectivity index (χ2n) is 3.97. The third-order valence-electron chi connectivity index (χ3n) is 2.59. The molecule has 0 bridgehead atoms. The van der Waals surface area contributed by atoms with E-state index in [1.54, 1.807) is 31.5 Å². The third kappa shape index (κ3) is 4.08. The van der Waals surface area contributed by atoms with Gasteiger partial charge in [0.05, 0.1) is 19.0 Å². The van der Waals surface area contributed by atoms with Crippen molar-refractivity contribution >= 4 is 5.69 Å². The van der Waals surface area contributed by atoms with Crippen LogP contribution >= 0.6 is 0 Å². The molecule has 0 aliphatic carbocycles. The standard InChI is InChI=1S/C14H14F2N2O2/c1-19-13-7-4-11(9-18-13)17-8-10-2-5-12(6-3-10)20-14(15)16/h2-7,9,14,17H,8H2,1H3. The highest BCUT2D eigenvalue weighted by Gasteiger charge is 2.03.